The molecule has 1 heterocycles. The summed E-state index contributed by atoms with van der Waals surface area (Å²) in [5, 5.41) is 1.20. The van der Waals surface area contributed by atoms with E-state index in [9.17, 15) is 8.42 Å². The van der Waals surface area contributed by atoms with Gasteiger partial charge in [0, 0.05) is 36.7 Å². The SMILES string of the molecule is Cc1cccc2[nH]cc(CCNS(=O)(=O)N(C)C(C)C3CC3)c12. The van der Waals surface area contributed by atoms with Crippen LogP contribution in [0.2, 0.25) is 0 Å². The number of fused-ring (bicyclic) bond motifs is 1. The first kappa shape index (κ1) is 16.5. The molecule has 1 unspecified atom stereocenters. The number of nitrogens with zero attached hydrogens (tertiary/aromatic N) is 1. The first-order valence-electron chi connectivity index (χ1n) is 8.18. The van der Waals surface area contributed by atoms with Crippen LogP contribution in [0.25, 0.3) is 10.9 Å². The molecule has 0 saturated heterocycles. The maximum Gasteiger partial charge on any atom is 0.279 e. The second-order valence-corrected chi connectivity index (χ2v) is 8.37. The van der Waals surface area contributed by atoms with E-state index in [-0.39, 0.29) is 6.04 Å². The molecule has 0 spiro atoms. The molecule has 1 atom stereocenters. The van der Waals surface area contributed by atoms with Crippen molar-refractivity contribution in [2.45, 2.75) is 39.2 Å². The van der Waals surface area contributed by atoms with E-state index >= 15 is 0 Å². The van der Waals surface area contributed by atoms with Gasteiger partial charge in [0.1, 0.15) is 0 Å². The molecule has 3 rings (SSSR count). The van der Waals surface area contributed by atoms with Crippen molar-refractivity contribution in [2.24, 2.45) is 5.92 Å². The fraction of sp³-hybridized carbons (Fsp3) is 0.529. The molecular formula is C17H25N3O2S. The Bertz CT molecular complexity index is 793. The molecule has 0 amide bonds. The number of aryl methyl sites for hydroxylation is 1. The fourth-order valence-corrected chi connectivity index (χ4v) is 4.33. The number of hydrogen-bond acceptors (Lipinski definition) is 2. The Labute approximate surface area is 138 Å². The second kappa shape index (κ2) is 6.26. The maximum absolute atomic E-state index is 12.4. The Morgan fingerprint density at radius 1 is 1.39 bits per heavy atom. The van der Waals surface area contributed by atoms with Gasteiger partial charge in [0.05, 0.1) is 0 Å². The zero-order valence-electron chi connectivity index (χ0n) is 14.0. The summed E-state index contributed by atoms with van der Waals surface area (Å²) in [4.78, 5) is 3.25. The van der Waals surface area contributed by atoms with Crippen LogP contribution in [0.4, 0.5) is 0 Å². The fourth-order valence-electron chi connectivity index (χ4n) is 3.16. The van der Waals surface area contributed by atoms with Crippen LogP contribution in [-0.4, -0.2) is 37.3 Å². The van der Waals surface area contributed by atoms with Crippen molar-refractivity contribution in [1.82, 2.24) is 14.0 Å². The van der Waals surface area contributed by atoms with Crippen LogP contribution in [0.15, 0.2) is 24.4 Å². The lowest BCUT2D eigenvalue weighted by Crippen LogP contribution is -2.44. The number of H-pyrrole nitrogens is 1. The van der Waals surface area contributed by atoms with Gasteiger partial charge in [0.25, 0.3) is 10.2 Å². The summed E-state index contributed by atoms with van der Waals surface area (Å²) in [7, 11) is -1.74. The predicted octanol–water partition coefficient (Wildman–Crippen LogP) is 2.58. The van der Waals surface area contributed by atoms with Gasteiger partial charge < -0.3 is 4.98 Å². The Kier molecular flexibility index (Phi) is 4.49. The lowest BCUT2D eigenvalue weighted by molar-refractivity contribution is 0.352. The predicted molar refractivity (Wildman–Crippen MR) is 93.6 cm³/mol. The first-order chi connectivity index (χ1) is 10.9. The van der Waals surface area contributed by atoms with Crippen molar-refractivity contribution in [3.05, 3.63) is 35.5 Å². The van der Waals surface area contributed by atoms with Gasteiger partial charge in [0.15, 0.2) is 0 Å². The molecule has 126 valence electrons. The van der Waals surface area contributed by atoms with Crippen LogP contribution >= 0.6 is 0 Å². The molecule has 2 aromatic rings. The third-order valence-electron chi connectivity index (χ3n) is 4.93. The molecule has 1 aliphatic rings. The summed E-state index contributed by atoms with van der Waals surface area (Å²) in [5.41, 5.74) is 3.46. The molecule has 1 saturated carbocycles. The van der Waals surface area contributed by atoms with E-state index in [0.717, 1.165) is 23.9 Å². The first-order valence-corrected chi connectivity index (χ1v) is 9.62. The lowest BCUT2D eigenvalue weighted by atomic mass is 10.1. The zero-order valence-corrected chi connectivity index (χ0v) is 14.8. The van der Waals surface area contributed by atoms with Gasteiger partial charge >= 0.3 is 0 Å². The van der Waals surface area contributed by atoms with Gasteiger partial charge in [-0.3, -0.25) is 0 Å². The van der Waals surface area contributed by atoms with Gasteiger partial charge in [0.2, 0.25) is 0 Å². The molecule has 1 aliphatic carbocycles. The minimum atomic E-state index is -3.41. The van der Waals surface area contributed by atoms with Crippen LogP contribution in [0.3, 0.4) is 0 Å². The molecule has 5 nitrogen and oxygen atoms in total. The van der Waals surface area contributed by atoms with Crippen molar-refractivity contribution < 1.29 is 8.42 Å². The molecular weight excluding hydrogens is 310 g/mol. The Morgan fingerprint density at radius 3 is 2.83 bits per heavy atom. The minimum absolute atomic E-state index is 0.0721. The highest BCUT2D eigenvalue weighted by Gasteiger charge is 2.35. The summed E-state index contributed by atoms with van der Waals surface area (Å²) >= 11 is 0. The molecule has 23 heavy (non-hydrogen) atoms. The normalized spacial score (nSPS) is 17.0. The quantitative estimate of drug-likeness (QED) is 0.817. The largest absolute Gasteiger partial charge is 0.361 e. The van der Waals surface area contributed by atoms with Crippen molar-refractivity contribution in [1.29, 1.82) is 0 Å². The summed E-state index contributed by atoms with van der Waals surface area (Å²) in [6.45, 7) is 4.47. The van der Waals surface area contributed by atoms with Crippen molar-refractivity contribution in [3.8, 4) is 0 Å². The maximum atomic E-state index is 12.4. The van der Waals surface area contributed by atoms with Gasteiger partial charge in [-0.25, -0.2) is 4.72 Å². The topological polar surface area (TPSA) is 65.2 Å². The number of nitrogens with one attached hydrogen (secondary N) is 2. The summed E-state index contributed by atoms with van der Waals surface area (Å²) in [5.74, 6) is 0.521. The lowest BCUT2D eigenvalue weighted by Gasteiger charge is -2.24. The molecule has 0 aliphatic heterocycles. The zero-order chi connectivity index (χ0) is 16.6. The van der Waals surface area contributed by atoms with Gasteiger partial charge in [-0.1, -0.05) is 12.1 Å². The van der Waals surface area contributed by atoms with E-state index in [1.165, 1.54) is 15.3 Å². The number of rotatable bonds is 7. The number of aromatic amines is 1. The molecule has 0 radical (unpaired) electrons. The average Bonchev–Trinajstić information content (AvgIpc) is 3.28. The third kappa shape index (κ3) is 3.44. The van der Waals surface area contributed by atoms with Gasteiger partial charge in [-0.2, -0.15) is 12.7 Å². The highest BCUT2D eigenvalue weighted by atomic mass is 32.2. The number of benzene rings is 1. The monoisotopic (exact) mass is 335 g/mol. The van der Waals surface area contributed by atoms with E-state index in [1.54, 1.807) is 7.05 Å². The Morgan fingerprint density at radius 2 is 2.13 bits per heavy atom. The highest BCUT2D eigenvalue weighted by molar-refractivity contribution is 7.87. The smallest absolute Gasteiger partial charge is 0.279 e. The highest BCUT2D eigenvalue weighted by Crippen LogP contribution is 2.35. The van der Waals surface area contributed by atoms with E-state index in [2.05, 4.69) is 22.7 Å². The van der Waals surface area contributed by atoms with Gasteiger partial charge in [-0.15, -0.1) is 0 Å². The van der Waals surface area contributed by atoms with Crippen LogP contribution in [-0.2, 0) is 16.6 Å². The van der Waals surface area contributed by atoms with E-state index in [4.69, 9.17) is 0 Å². The third-order valence-corrected chi connectivity index (χ3v) is 6.59. The van der Waals surface area contributed by atoms with Gasteiger partial charge in [-0.05, 0) is 56.2 Å². The Balaban J connectivity index is 1.64. The minimum Gasteiger partial charge on any atom is -0.361 e. The summed E-state index contributed by atoms with van der Waals surface area (Å²) < 4.78 is 28.9. The van der Waals surface area contributed by atoms with Crippen molar-refractivity contribution in [3.63, 3.8) is 0 Å². The van der Waals surface area contributed by atoms with E-state index in [1.807, 2.05) is 25.3 Å². The molecule has 0 bridgehead atoms. The number of aromatic nitrogens is 1. The van der Waals surface area contributed by atoms with Crippen LogP contribution in [0.5, 0.6) is 0 Å². The number of hydrogen-bond donors (Lipinski definition) is 2. The van der Waals surface area contributed by atoms with Crippen molar-refractivity contribution >= 4 is 21.1 Å². The van der Waals surface area contributed by atoms with Crippen LogP contribution < -0.4 is 4.72 Å². The van der Waals surface area contributed by atoms with E-state index in [0.29, 0.717) is 18.9 Å². The average molecular weight is 335 g/mol. The molecule has 1 fully saturated rings. The molecule has 1 aromatic heterocycles. The summed E-state index contributed by atoms with van der Waals surface area (Å²) in [6, 6.07) is 6.22. The molecule has 1 aromatic carbocycles. The summed E-state index contributed by atoms with van der Waals surface area (Å²) in [6.07, 6.45) is 4.92. The molecule has 2 N–H and O–H groups in total. The van der Waals surface area contributed by atoms with Crippen molar-refractivity contribution in [2.75, 3.05) is 13.6 Å². The van der Waals surface area contributed by atoms with E-state index < -0.39 is 10.2 Å². The standard InChI is InChI=1S/C17H25N3O2S/c1-12-5-4-6-16-17(12)15(11-18-16)9-10-19-23(21,22)20(3)13(2)14-7-8-14/h4-6,11,13-14,18-19H,7-10H2,1-3H3. The second-order valence-electron chi connectivity index (χ2n) is 6.56. The van der Waals surface area contributed by atoms with Crippen LogP contribution in [0, 0.1) is 12.8 Å². The van der Waals surface area contributed by atoms with Crippen LogP contribution in [0.1, 0.15) is 30.9 Å². The molecule has 6 heteroatoms. The Hall–Kier alpha value is -1.37.